The fraction of sp³-hybridized carbons (Fsp3) is 1.00. The van der Waals surface area contributed by atoms with Crippen LogP contribution in [0.25, 0.3) is 0 Å². The lowest BCUT2D eigenvalue weighted by atomic mass is 10.00. The predicted octanol–water partition coefficient (Wildman–Crippen LogP) is 2.06. The van der Waals surface area contributed by atoms with Gasteiger partial charge in [-0.3, -0.25) is 0 Å². The standard InChI is InChI=1S/C15H33N3O2S/c1-4-6-7-11-17(3)21(19,20)18-12-8-9-15(14-18)13-16-10-5-2/h15-16H,4-14H2,1-3H3. The Kier molecular flexibility index (Phi) is 8.78. The van der Waals surface area contributed by atoms with Gasteiger partial charge in [-0.1, -0.05) is 26.7 Å². The molecule has 1 saturated heterocycles. The van der Waals surface area contributed by atoms with Gasteiger partial charge in [0.05, 0.1) is 0 Å². The Hall–Kier alpha value is -0.170. The lowest BCUT2D eigenvalue weighted by Crippen LogP contribution is -2.48. The van der Waals surface area contributed by atoms with Gasteiger partial charge in [0.25, 0.3) is 10.2 Å². The summed E-state index contributed by atoms with van der Waals surface area (Å²) >= 11 is 0. The Bertz CT molecular complexity index is 373. The molecule has 1 aliphatic heterocycles. The van der Waals surface area contributed by atoms with Crippen molar-refractivity contribution in [3.63, 3.8) is 0 Å². The molecule has 1 heterocycles. The van der Waals surface area contributed by atoms with Crippen molar-refractivity contribution in [1.82, 2.24) is 13.9 Å². The van der Waals surface area contributed by atoms with E-state index in [1.165, 1.54) is 4.31 Å². The van der Waals surface area contributed by atoms with Gasteiger partial charge in [-0.05, 0) is 44.7 Å². The summed E-state index contributed by atoms with van der Waals surface area (Å²) < 4.78 is 28.4. The normalized spacial score (nSPS) is 21.0. The molecule has 6 heteroatoms. The van der Waals surface area contributed by atoms with Crippen molar-refractivity contribution in [3.05, 3.63) is 0 Å². The molecular weight excluding hydrogens is 286 g/mol. The van der Waals surface area contributed by atoms with Crippen LogP contribution in [0.2, 0.25) is 0 Å². The van der Waals surface area contributed by atoms with Gasteiger partial charge in [0.2, 0.25) is 0 Å². The average molecular weight is 320 g/mol. The van der Waals surface area contributed by atoms with Crippen LogP contribution < -0.4 is 5.32 Å². The van der Waals surface area contributed by atoms with E-state index in [1.54, 1.807) is 11.4 Å². The van der Waals surface area contributed by atoms with Gasteiger partial charge >= 0.3 is 0 Å². The SMILES string of the molecule is CCCCCN(C)S(=O)(=O)N1CCCC(CNCCC)C1. The number of unbranched alkanes of at least 4 members (excludes halogenated alkanes) is 2. The number of piperidine rings is 1. The van der Waals surface area contributed by atoms with Gasteiger partial charge in [-0.2, -0.15) is 17.0 Å². The van der Waals surface area contributed by atoms with E-state index in [0.29, 0.717) is 25.6 Å². The summed E-state index contributed by atoms with van der Waals surface area (Å²) in [4.78, 5) is 0. The monoisotopic (exact) mass is 319 g/mol. The molecule has 0 aliphatic carbocycles. The van der Waals surface area contributed by atoms with Gasteiger partial charge < -0.3 is 5.32 Å². The van der Waals surface area contributed by atoms with Crippen LogP contribution in [0.3, 0.4) is 0 Å². The van der Waals surface area contributed by atoms with Crippen LogP contribution in [-0.2, 0) is 10.2 Å². The zero-order chi connectivity index (χ0) is 15.7. The molecule has 0 bridgehead atoms. The zero-order valence-electron chi connectivity index (χ0n) is 14.0. The van der Waals surface area contributed by atoms with E-state index in [-0.39, 0.29) is 0 Å². The van der Waals surface area contributed by atoms with E-state index in [9.17, 15) is 8.42 Å². The van der Waals surface area contributed by atoms with Crippen molar-refractivity contribution in [2.24, 2.45) is 5.92 Å². The third-order valence-electron chi connectivity index (χ3n) is 4.14. The first-order chi connectivity index (χ1) is 10.0. The van der Waals surface area contributed by atoms with Crippen LogP contribution in [0.15, 0.2) is 0 Å². The molecule has 0 spiro atoms. The fourth-order valence-electron chi connectivity index (χ4n) is 2.78. The van der Waals surface area contributed by atoms with Gasteiger partial charge in [0, 0.05) is 26.7 Å². The zero-order valence-corrected chi connectivity index (χ0v) is 14.8. The summed E-state index contributed by atoms with van der Waals surface area (Å²) in [7, 11) is -1.55. The average Bonchev–Trinajstić information content (AvgIpc) is 2.48. The Balaban J connectivity index is 2.49. The summed E-state index contributed by atoms with van der Waals surface area (Å²) in [6, 6.07) is 0. The minimum Gasteiger partial charge on any atom is -0.316 e. The van der Waals surface area contributed by atoms with Crippen LogP contribution in [0.5, 0.6) is 0 Å². The Morgan fingerprint density at radius 2 is 2.00 bits per heavy atom. The highest BCUT2D eigenvalue weighted by atomic mass is 32.2. The molecule has 1 N–H and O–H groups in total. The van der Waals surface area contributed by atoms with Crippen LogP contribution in [0, 0.1) is 5.92 Å². The second-order valence-electron chi connectivity index (χ2n) is 6.11. The molecule has 0 radical (unpaired) electrons. The maximum atomic E-state index is 12.6. The lowest BCUT2D eigenvalue weighted by Gasteiger charge is -2.34. The highest BCUT2D eigenvalue weighted by Crippen LogP contribution is 2.20. The van der Waals surface area contributed by atoms with Gasteiger partial charge in [-0.25, -0.2) is 0 Å². The van der Waals surface area contributed by atoms with Crippen LogP contribution in [-0.4, -0.2) is 56.8 Å². The molecule has 1 unspecified atom stereocenters. The molecule has 126 valence electrons. The highest BCUT2D eigenvalue weighted by molar-refractivity contribution is 7.86. The third kappa shape index (κ3) is 6.22. The maximum Gasteiger partial charge on any atom is 0.281 e. The minimum absolute atomic E-state index is 0.448. The highest BCUT2D eigenvalue weighted by Gasteiger charge is 2.31. The second-order valence-corrected chi connectivity index (χ2v) is 8.14. The first-order valence-corrected chi connectivity index (χ1v) is 9.84. The van der Waals surface area contributed by atoms with Gasteiger partial charge in [0.1, 0.15) is 0 Å². The molecule has 5 nitrogen and oxygen atoms in total. The molecule has 1 atom stereocenters. The van der Waals surface area contributed by atoms with Crippen LogP contribution in [0.1, 0.15) is 52.4 Å². The lowest BCUT2D eigenvalue weighted by molar-refractivity contribution is 0.246. The first-order valence-electron chi connectivity index (χ1n) is 8.44. The predicted molar refractivity (Wildman–Crippen MR) is 88.5 cm³/mol. The van der Waals surface area contributed by atoms with E-state index >= 15 is 0 Å². The number of nitrogens with zero attached hydrogens (tertiary/aromatic N) is 2. The van der Waals surface area contributed by atoms with Crippen molar-refractivity contribution < 1.29 is 8.42 Å². The summed E-state index contributed by atoms with van der Waals surface area (Å²) in [5.41, 5.74) is 0. The number of hydrogen-bond donors (Lipinski definition) is 1. The number of rotatable bonds is 10. The summed E-state index contributed by atoms with van der Waals surface area (Å²) in [5, 5.41) is 3.41. The van der Waals surface area contributed by atoms with E-state index in [0.717, 1.165) is 51.6 Å². The third-order valence-corrected chi connectivity index (χ3v) is 6.09. The van der Waals surface area contributed by atoms with Crippen LogP contribution in [0.4, 0.5) is 0 Å². The molecule has 21 heavy (non-hydrogen) atoms. The van der Waals surface area contributed by atoms with E-state index in [1.807, 2.05) is 0 Å². The number of nitrogens with one attached hydrogen (secondary N) is 1. The molecule has 0 aromatic carbocycles. The minimum atomic E-state index is -3.27. The molecule has 1 aliphatic rings. The fourth-order valence-corrected chi connectivity index (χ4v) is 4.30. The molecule has 1 rings (SSSR count). The van der Waals surface area contributed by atoms with Gasteiger partial charge in [0.15, 0.2) is 0 Å². The smallest absolute Gasteiger partial charge is 0.281 e. The van der Waals surface area contributed by atoms with Crippen LogP contribution >= 0.6 is 0 Å². The molecule has 0 aromatic rings. The second kappa shape index (κ2) is 9.77. The Labute approximate surface area is 131 Å². The first kappa shape index (κ1) is 18.9. The maximum absolute atomic E-state index is 12.6. The van der Waals surface area contributed by atoms with E-state index < -0.39 is 10.2 Å². The van der Waals surface area contributed by atoms with Crippen molar-refractivity contribution in [1.29, 1.82) is 0 Å². The van der Waals surface area contributed by atoms with Crippen molar-refractivity contribution in [3.8, 4) is 0 Å². The van der Waals surface area contributed by atoms with E-state index in [4.69, 9.17) is 0 Å². The summed E-state index contributed by atoms with van der Waals surface area (Å²) in [6.07, 6.45) is 6.37. The van der Waals surface area contributed by atoms with E-state index in [2.05, 4.69) is 19.2 Å². The molecule has 1 fully saturated rings. The Morgan fingerprint density at radius 1 is 1.24 bits per heavy atom. The van der Waals surface area contributed by atoms with Gasteiger partial charge in [-0.15, -0.1) is 0 Å². The summed E-state index contributed by atoms with van der Waals surface area (Å²) in [5.74, 6) is 0.448. The molecular formula is C15H33N3O2S. The van der Waals surface area contributed by atoms with Crippen molar-refractivity contribution >= 4 is 10.2 Å². The Morgan fingerprint density at radius 3 is 2.67 bits per heavy atom. The quantitative estimate of drug-likeness (QED) is 0.627. The van der Waals surface area contributed by atoms with Crippen molar-refractivity contribution in [2.75, 3.05) is 39.8 Å². The number of hydrogen-bond acceptors (Lipinski definition) is 3. The topological polar surface area (TPSA) is 52.7 Å². The molecule has 0 amide bonds. The molecule has 0 saturated carbocycles. The largest absolute Gasteiger partial charge is 0.316 e. The summed E-state index contributed by atoms with van der Waals surface area (Å²) in [6.45, 7) is 8.19. The van der Waals surface area contributed by atoms with Crippen molar-refractivity contribution in [2.45, 2.75) is 52.4 Å². The molecule has 0 aromatic heterocycles.